The van der Waals surface area contributed by atoms with E-state index in [9.17, 15) is 4.79 Å². The molecule has 1 saturated heterocycles. The standard InChI is InChI=1S/C18H28N2O4.ClH/c1-4-9-24-15-6-5-14(12-16(15)22-3)13(2)20-17(21)18(19)7-10-23-11-8-18;/h5-6,12-13H,4,7-11,19H2,1-3H3,(H,20,21);1H. The summed E-state index contributed by atoms with van der Waals surface area (Å²) in [4.78, 5) is 12.5. The summed E-state index contributed by atoms with van der Waals surface area (Å²) < 4.78 is 16.3. The summed E-state index contributed by atoms with van der Waals surface area (Å²) in [6, 6.07) is 5.53. The van der Waals surface area contributed by atoms with Gasteiger partial charge in [-0.3, -0.25) is 4.79 Å². The molecule has 1 heterocycles. The van der Waals surface area contributed by atoms with Crippen LogP contribution in [0.25, 0.3) is 0 Å². The van der Waals surface area contributed by atoms with E-state index < -0.39 is 5.54 Å². The van der Waals surface area contributed by atoms with Crippen LogP contribution in [0.1, 0.15) is 44.7 Å². The van der Waals surface area contributed by atoms with Crippen LogP contribution in [0.3, 0.4) is 0 Å². The van der Waals surface area contributed by atoms with Gasteiger partial charge in [-0.15, -0.1) is 12.4 Å². The minimum Gasteiger partial charge on any atom is -0.493 e. The smallest absolute Gasteiger partial charge is 0.240 e. The Balaban J connectivity index is 0.00000312. The fourth-order valence-corrected chi connectivity index (χ4v) is 2.67. The molecular formula is C18H29ClN2O4. The van der Waals surface area contributed by atoms with E-state index >= 15 is 0 Å². The van der Waals surface area contributed by atoms with Crippen molar-refractivity contribution in [2.24, 2.45) is 5.73 Å². The van der Waals surface area contributed by atoms with Gasteiger partial charge < -0.3 is 25.3 Å². The van der Waals surface area contributed by atoms with E-state index in [1.807, 2.05) is 25.1 Å². The van der Waals surface area contributed by atoms with Crippen LogP contribution in [0, 0.1) is 0 Å². The van der Waals surface area contributed by atoms with Crippen LogP contribution in [0.15, 0.2) is 18.2 Å². The second-order valence-corrected chi connectivity index (χ2v) is 6.22. The number of nitrogens with one attached hydrogen (secondary N) is 1. The second-order valence-electron chi connectivity index (χ2n) is 6.22. The Morgan fingerprint density at radius 3 is 2.64 bits per heavy atom. The Labute approximate surface area is 155 Å². The number of amides is 1. The van der Waals surface area contributed by atoms with Gasteiger partial charge >= 0.3 is 0 Å². The third-order valence-corrected chi connectivity index (χ3v) is 4.33. The van der Waals surface area contributed by atoms with Gasteiger partial charge in [-0.25, -0.2) is 0 Å². The SMILES string of the molecule is CCCOc1ccc(C(C)NC(=O)C2(N)CCOCC2)cc1OC.Cl. The minimum atomic E-state index is -0.846. The van der Waals surface area contributed by atoms with Crippen molar-refractivity contribution < 1.29 is 19.0 Å². The highest BCUT2D eigenvalue weighted by atomic mass is 35.5. The van der Waals surface area contributed by atoms with Gasteiger partial charge in [-0.2, -0.15) is 0 Å². The number of carbonyl (C=O) groups is 1. The molecule has 6 nitrogen and oxygen atoms in total. The van der Waals surface area contributed by atoms with Crippen molar-refractivity contribution in [2.45, 2.75) is 44.7 Å². The molecule has 142 valence electrons. The normalized spacial score (nSPS) is 17.1. The van der Waals surface area contributed by atoms with Crippen molar-refractivity contribution in [1.29, 1.82) is 0 Å². The fraction of sp³-hybridized carbons (Fsp3) is 0.611. The summed E-state index contributed by atoms with van der Waals surface area (Å²) in [5.41, 5.74) is 6.32. The van der Waals surface area contributed by atoms with Crippen molar-refractivity contribution in [1.82, 2.24) is 5.32 Å². The number of ether oxygens (including phenoxy) is 3. The van der Waals surface area contributed by atoms with Crippen LogP contribution in [0.2, 0.25) is 0 Å². The van der Waals surface area contributed by atoms with E-state index in [2.05, 4.69) is 12.2 Å². The summed E-state index contributed by atoms with van der Waals surface area (Å²) in [5, 5.41) is 3.00. The first kappa shape index (κ1) is 21.5. The third kappa shape index (κ3) is 5.49. The van der Waals surface area contributed by atoms with Crippen LogP contribution in [0.4, 0.5) is 0 Å². The zero-order valence-corrected chi connectivity index (χ0v) is 16.0. The second kappa shape index (κ2) is 9.85. The number of rotatable bonds is 7. The lowest BCUT2D eigenvalue weighted by Gasteiger charge is -2.33. The third-order valence-electron chi connectivity index (χ3n) is 4.33. The summed E-state index contributed by atoms with van der Waals surface area (Å²) >= 11 is 0. The molecule has 0 saturated carbocycles. The van der Waals surface area contributed by atoms with Crippen molar-refractivity contribution in [3.8, 4) is 11.5 Å². The molecule has 1 aliphatic rings. The van der Waals surface area contributed by atoms with Gasteiger partial charge in [0.1, 0.15) is 0 Å². The molecule has 1 aliphatic heterocycles. The molecule has 0 aromatic heterocycles. The van der Waals surface area contributed by atoms with E-state index in [-0.39, 0.29) is 24.4 Å². The molecule has 1 aromatic rings. The van der Waals surface area contributed by atoms with Crippen molar-refractivity contribution in [3.63, 3.8) is 0 Å². The van der Waals surface area contributed by atoms with Crippen LogP contribution >= 0.6 is 12.4 Å². The quantitative estimate of drug-likeness (QED) is 0.768. The fourth-order valence-electron chi connectivity index (χ4n) is 2.67. The molecule has 1 amide bonds. The first-order valence-electron chi connectivity index (χ1n) is 8.48. The monoisotopic (exact) mass is 372 g/mol. The molecule has 3 N–H and O–H groups in total. The van der Waals surface area contributed by atoms with Gasteiger partial charge in [0, 0.05) is 13.2 Å². The number of carbonyl (C=O) groups excluding carboxylic acids is 1. The number of methoxy groups -OCH3 is 1. The highest BCUT2D eigenvalue weighted by Gasteiger charge is 2.36. The maximum absolute atomic E-state index is 12.5. The van der Waals surface area contributed by atoms with E-state index in [4.69, 9.17) is 19.9 Å². The van der Waals surface area contributed by atoms with Gasteiger partial charge in [-0.1, -0.05) is 13.0 Å². The average molecular weight is 373 g/mol. The molecule has 0 radical (unpaired) electrons. The highest BCUT2D eigenvalue weighted by Crippen LogP contribution is 2.30. The summed E-state index contributed by atoms with van der Waals surface area (Å²) in [6.07, 6.45) is 2.01. The van der Waals surface area contributed by atoms with E-state index in [0.717, 1.165) is 12.0 Å². The molecule has 25 heavy (non-hydrogen) atoms. The van der Waals surface area contributed by atoms with Crippen LogP contribution in [-0.4, -0.2) is 38.4 Å². The predicted octanol–water partition coefficient (Wildman–Crippen LogP) is 2.59. The summed E-state index contributed by atoms with van der Waals surface area (Å²) in [6.45, 7) is 5.67. The summed E-state index contributed by atoms with van der Waals surface area (Å²) in [5.74, 6) is 1.24. The largest absolute Gasteiger partial charge is 0.493 e. The maximum atomic E-state index is 12.5. The first-order chi connectivity index (χ1) is 11.5. The Morgan fingerprint density at radius 1 is 1.36 bits per heavy atom. The van der Waals surface area contributed by atoms with E-state index in [1.54, 1.807) is 7.11 Å². The molecule has 0 spiro atoms. The number of hydrogen-bond donors (Lipinski definition) is 2. The Hall–Kier alpha value is -1.50. The zero-order chi connectivity index (χ0) is 17.6. The molecule has 7 heteroatoms. The number of benzene rings is 1. The first-order valence-corrected chi connectivity index (χ1v) is 8.48. The van der Waals surface area contributed by atoms with Gasteiger partial charge in [0.2, 0.25) is 5.91 Å². The Kier molecular flexibility index (Phi) is 8.48. The van der Waals surface area contributed by atoms with Gasteiger partial charge in [0.15, 0.2) is 11.5 Å². The molecule has 0 aliphatic carbocycles. The van der Waals surface area contributed by atoms with Gasteiger partial charge in [0.05, 0.1) is 25.3 Å². The maximum Gasteiger partial charge on any atom is 0.240 e. The van der Waals surface area contributed by atoms with Gasteiger partial charge in [0.25, 0.3) is 0 Å². The lowest BCUT2D eigenvalue weighted by atomic mass is 9.90. The lowest BCUT2D eigenvalue weighted by molar-refractivity contribution is -0.130. The van der Waals surface area contributed by atoms with E-state index in [1.165, 1.54) is 0 Å². The van der Waals surface area contributed by atoms with Gasteiger partial charge in [-0.05, 0) is 43.9 Å². The topological polar surface area (TPSA) is 82.8 Å². The number of nitrogens with two attached hydrogens (primary N) is 1. The van der Waals surface area contributed by atoms with Crippen molar-refractivity contribution >= 4 is 18.3 Å². The predicted molar refractivity (Wildman–Crippen MR) is 99.6 cm³/mol. The van der Waals surface area contributed by atoms with Crippen molar-refractivity contribution in [2.75, 3.05) is 26.9 Å². The summed E-state index contributed by atoms with van der Waals surface area (Å²) in [7, 11) is 1.61. The highest BCUT2D eigenvalue weighted by molar-refractivity contribution is 5.86. The molecular weight excluding hydrogens is 344 g/mol. The lowest BCUT2D eigenvalue weighted by Crippen LogP contribution is -2.57. The number of hydrogen-bond acceptors (Lipinski definition) is 5. The van der Waals surface area contributed by atoms with E-state index in [0.29, 0.717) is 44.2 Å². The average Bonchev–Trinajstić information content (AvgIpc) is 2.60. The van der Waals surface area contributed by atoms with Crippen LogP contribution in [0.5, 0.6) is 11.5 Å². The van der Waals surface area contributed by atoms with Crippen LogP contribution in [-0.2, 0) is 9.53 Å². The molecule has 1 unspecified atom stereocenters. The molecule has 1 atom stereocenters. The molecule has 1 aromatic carbocycles. The number of halogens is 1. The zero-order valence-electron chi connectivity index (χ0n) is 15.2. The minimum absolute atomic E-state index is 0. The Morgan fingerprint density at radius 2 is 2.04 bits per heavy atom. The molecule has 1 fully saturated rings. The molecule has 0 bridgehead atoms. The van der Waals surface area contributed by atoms with Crippen molar-refractivity contribution in [3.05, 3.63) is 23.8 Å². The Bertz CT molecular complexity index is 562. The molecule has 2 rings (SSSR count). The van der Waals surface area contributed by atoms with Crippen LogP contribution < -0.4 is 20.5 Å².